The van der Waals surface area contributed by atoms with Crippen LogP contribution in [0.5, 0.6) is 0 Å². The molecule has 6 heteroatoms. The lowest BCUT2D eigenvalue weighted by Crippen LogP contribution is -2.44. The molecule has 1 rings (SSSR count). The molecule has 0 aliphatic rings. The first kappa shape index (κ1) is 15.8. The highest BCUT2D eigenvalue weighted by Crippen LogP contribution is 2.20. The van der Waals surface area contributed by atoms with E-state index < -0.39 is 22.0 Å². The summed E-state index contributed by atoms with van der Waals surface area (Å²) in [5, 5.41) is -0.529. The molecule has 2 unspecified atom stereocenters. The molecular weight excluding hydrogens is 262 g/mol. The van der Waals surface area contributed by atoms with Gasteiger partial charge in [-0.3, -0.25) is 0 Å². The maximum absolute atomic E-state index is 11.0. The lowest BCUT2D eigenvalue weighted by Gasteiger charge is -2.28. The molecule has 1 aromatic carbocycles. The molecule has 2 atom stereocenters. The minimum absolute atomic E-state index is 0.404. The Hall–Kier alpha value is -1.27. The summed E-state index contributed by atoms with van der Waals surface area (Å²) in [6, 6.07) is 5.38. The number of likely N-dealkylation sites (N-methyl/N-ethyl adjacent to an activating group) is 1. The van der Waals surface area contributed by atoms with Crippen molar-refractivity contribution in [3.05, 3.63) is 23.8 Å². The van der Waals surface area contributed by atoms with E-state index in [9.17, 15) is 8.42 Å². The number of nitrogen functional groups attached to an aromatic ring is 1. The number of thiol groups is 1. The van der Waals surface area contributed by atoms with Gasteiger partial charge < -0.3 is 16.4 Å². The van der Waals surface area contributed by atoms with E-state index in [2.05, 4.69) is 4.90 Å². The normalized spacial score (nSPS) is 14.4. The second-order valence-corrected chi connectivity index (χ2v) is 6.15. The van der Waals surface area contributed by atoms with Crippen LogP contribution in [0, 0.1) is 6.92 Å². The van der Waals surface area contributed by atoms with Gasteiger partial charge in [-0.1, -0.05) is 0 Å². The quantitative estimate of drug-likeness (QED) is 0.529. The van der Waals surface area contributed by atoms with E-state index in [1.54, 1.807) is 6.92 Å². The fourth-order valence-corrected chi connectivity index (χ4v) is 2.24. The van der Waals surface area contributed by atoms with Crippen LogP contribution in [0.2, 0.25) is 0 Å². The van der Waals surface area contributed by atoms with Crippen molar-refractivity contribution in [2.75, 3.05) is 23.7 Å². The summed E-state index contributed by atoms with van der Waals surface area (Å²) in [5.41, 5.74) is 14.5. The van der Waals surface area contributed by atoms with Gasteiger partial charge in [0.15, 0.2) is 0 Å². The van der Waals surface area contributed by atoms with Gasteiger partial charge in [-0.15, -0.1) is 0 Å². The van der Waals surface area contributed by atoms with Gasteiger partial charge in [-0.25, -0.2) is 8.42 Å². The van der Waals surface area contributed by atoms with Crippen molar-refractivity contribution in [3.8, 4) is 0 Å². The average molecular weight is 285 g/mol. The largest absolute Gasteiger partial charge is 0.399 e. The van der Waals surface area contributed by atoms with Crippen molar-refractivity contribution in [3.63, 3.8) is 0 Å². The van der Waals surface area contributed by atoms with Crippen molar-refractivity contribution >= 4 is 22.1 Å². The zero-order valence-electron chi connectivity index (χ0n) is 11.7. The van der Waals surface area contributed by atoms with Gasteiger partial charge in [0.25, 0.3) is 0 Å². The second-order valence-electron chi connectivity index (χ2n) is 4.77. The van der Waals surface area contributed by atoms with Crippen LogP contribution in [-0.2, 0) is 10.7 Å². The SMILES string of the molecule is CCN(CC(N)C(C)[SH](=O)=O)c1ccc(N)c(C)c1. The van der Waals surface area contributed by atoms with Gasteiger partial charge in [-0.05, 0) is 44.5 Å². The maximum Gasteiger partial charge on any atom is 0.144 e. The molecule has 0 saturated carbocycles. The zero-order chi connectivity index (χ0) is 14.6. The predicted octanol–water partition coefficient (Wildman–Crippen LogP) is 0.731. The first-order valence-corrected chi connectivity index (χ1v) is 7.61. The Morgan fingerprint density at radius 2 is 2.00 bits per heavy atom. The van der Waals surface area contributed by atoms with Crippen LogP contribution in [0.15, 0.2) is 18.2 Å². The number of nitrogens with two attached hydrogens (primary N) is 2. The molecule has 0 bridgehead atoms. The fourth-order valence-electron chi connectivity index (χ4n) is 1.84. The van der Waals surface area contributed by atoms with Crippen LogP contribution >= 0.6 is 0 Å². The monoisotopic (exact) mass is 285 g/mol. The molecule has 108 valence electrons. The van der Waals surface area contributed by atoms with Gasteiger partial charge in [0, 0.05) is 30.5 Å². The Morgan fingerprint density at radius 1 is 1.37 bits per heavy atom. The highest BCUT2D eigenvalue weighted by atomic mass is 32.2. The van der Waals surface area contributed by atoms with Crippen LogP contribution in [0.25, 0.3) is 0 Å². The smallest absolute Gasteiger partial charge is 0.144 e. The first-order chi connectivity index (χ1) is 8.86. The van der Waals surface area contributed by atoms with Crippen LogP contribution in [0.4, 0.5) is 11.4 Å². The standard InChI is InChI=1S/C13H23N3O2S/c1-4-16(8-13(15)10(3)19(17)18)11-5-6-12(14)9(2)7-11/h5-7,10,13,19H,4,8,14-15H2,1-3H3. The molecule has 4 N–H and O–H groups in total. The van der Waals surface area contributed by atoms with Gasteiger partial charge in [-0.2, -0.15) is 0 Å². The molecule has 0 aromatic heterocycles. The van der Waals surface area contributed by atoms with Crippen molar-refractivity contribution in [2.45, 2.75) is 32.1 Å². The fraction of sp³-hybridized carbons (Fsp3) is 0.538. The second kappa shape index (κ2) is 6.77. The van der Waals surface area contributed by atoms with E-state index in [1.807, 2.05) is 32.0 Å². The van der Waals surface area contributed by atoms with E-state index >= 15 is 0 Å². The molecular formula is C13H23N3O2S. The topological polar surface area (TPSA) is 89.4 Å². The summed E-state index contributed by atoms with van der Waals surface area (Å²) in [7, 11) is -2.49. The summed E-state index contributed by atoms with van der Waals surface area (Å²) in [6.07, 6.45) is 0. The van der Waals surface area contributed by atoms with E-state index in [0.717, 1.165) is 23.5 Å². The minimum Gasteiger partial charge on any atom is -0.399 e. The third-order valence-electron chi connectivity index (χ3n) is 3.38. The van der Waals surface area contributed by atoms with E-state index in [4.69, 9.17) is 11.5 Å². The number of anilines is 2. The Balaban J connectivity index is 2.86. The first-order valence-electron chi connectivity index (χ1n) is 6.37. The van der Waals surface area contributed by atoms with E-state index in [1.165, 1.54) is 0 Å². The van der Waals surface area contributed by atoms with Gasteiger partial charge in [0.2, 0.25) is 0 Å². The Kier molecular flexibility index (Phi) is 5.62. The number of hydrogen-bond donors (Lipinski definition) is 3. The molecule has 0 saturated heterocycles. The molecule has 0 aliphatic carbocycles. The zero-order valence-corrected chi connectivity index (χ0v) is 12.6. The molecule has 0 amide bonds. The third-order valence-corrected chi connectivity index (χ3v) is 4.43. The van der Waals surface area contributed by atoms with Gasteiger partial charge in [0.1, 0.15) is 10.7 Å². The average Bonchev–Trinajstić information content (AvgIpc) is 2.37. The number of benzene rings is 1. The Bertz CT molecular complexity index is 495. The molecule has 5 nitrogen and oxygen atoms in total. The lowest BCUT2D eigenvalue weighted by atomic mass is 10.1. The molecule has 0 fully saturated rings. The van der Waals surface area contributed by atoms with E-state index in [0.29, 0.717) is 6.54 Å². The summed E-state index contributed by atoms with van der Waals surface area (Å²) in [6.45, 7) is 6.87. The molecule has 0 spiro atoms. The van der Waals surface area contributed by atoms with Crippen LogP contribution < -0.4 is 16.4 Å². The molecule has 0 heterocycles. The Labute approximate surface area is 116 Å². The molecule has 19 heavy (non-hydrogen) atoms. The molecule has 1 aromatic rings. The van der Waals surface area contributed by atoms with Gasteiger partial charge >= 0.3 is 0 Å². The summed E-state index contributed by atoms with van der Waals surface area (Å²) >= 11 is 0. The number of aryl methyl sites for hydroxylation is 1. The van der Waals surface area contributed by atoms with Gasteiger partial charge in [0.05, 0.1) is 5.25 Å². The highest BCUT2D eigenvalue weighted by Gasteiger charge is 2.18. The minimum atomic E-state index is -2.49. The molecule has 0 aliphatic heterocycles. The Morgan fingerprint density at radius 3 is 2.47 bits per heavy atom. The van der Waals surface area contributed by atoms with Crippen LogP contribution in [0.1, 0.15) is 19.4 Å². The summed E-state index contributed by atoms with van der Waals surface area (Å²) < 4.78 is 21.9. The third kappa shape index (κ3) is 4.11. The molecule has 0 radical (unpaired) electrons. The van der Waals surface area contributed by atoms with Crippen LogP contribution in [0.3, 0.4) is 0 Å². The van der Waals surface area contributed by atoms with Crippen molar-refractivity contribution in [1.82, 2.24) is 0 Å². The highest BCUT2D eigenvalue weighted by molar-refractivity contribution is 7.73. The number of nitrogens with zero attached hydrogens (tertiary/aromatic N) is 1. The van der Waals surface area contributed by atoms with E-state index in [-0.39, 0.29) is 0 Å². The predicted molar refractivity (Wildman–Crippen MR) is 81.2 cm³/mol. The van der Waals surface area contributed by atoms with Crippen molar-refractivity contribution in [2.24, 2.45) is 5.73 Å². The van der Waals surface area contributed by atoms with Crippen molar-refractivity contribution in [1.29, 1.82) is 0 Å². The number of hydrogen-bond acceptors (Lipinski definition) is 5. The lowest BCUT2D eigenvalue weighted by molar-refractivity contribution is 0.570. The number of rotatable bonds is 6. The summed E-state index contributed by atoms with van der Waals surface area (Å²) in [4.78, 5) is 2.06. The van der Waals surface area contributed by atoms with Crippen LogP contribution in [-0.4, -0.2) is 32.8 Å². The summed E-state index contributed by atoms with van der Waals surface area (Å²) in [5.74, 6) is 0. The van der Waals surface area contributed by atoms with Crippen molar-refractivity contribution < 1.29 is 8.42 Å². The maximum atomic E-state index is 11.0.